The Labute approximate surface area is 112 Å². The van der Waals surface area contributed by atoms with Crippen molar-refractivity contribution in [2.75, 3.05) is 7.11 Å². The van der Waals surface area contributed by atoms with Crippen LogP contribution in [0.25, 0.3) is 0 Å². The van der Waals surface area contributed by atoms with Gasteiger partial charge in [-0.3, -0.25) is 0 Å². The number of ether oxygens (including phenoxy) is 1. The highest BCUT2D eigenvalue weighted by Crippen LogP contribution is 2.22. The molecule has 1 aromatic heterocycles. The average molecular weight is 262 g/mol. The molecule has 3 nitrogen and oxygen atoms in total. The first-order chi connectivity index (χ1) is 8.76. The molecule has 2 aromatic rings. The van der Waals surface area contributed by atoms with E-state index in [1.54, 1.807) is 18.4 Å². The van der Waals surface area contributed by atoms with Crippen LogP contribution in [0.2, 0.25) is 0 Å². The Bertz CT molecular complexity index is 522. The Kier molecular flexibility index (Phi) is 4.33. The van der Waals surface area contributed by atoms with Gasteiger partial charge in [0, 0.05) is 18.3 Å². The third-order valence-corrected chi connectivity index (χ3v) is 3.80. The van der Waals surface area contributed by atoms with Gasteiger partial charge in [-0.25, -0.2) is 4.98 Å². The first kappa shape index (κ1) is 13.1. The van der Waals surface area contributed by atoms with Crippen LogP contribution in [-0.4, -0.2) is 12.1 Å². The van der Waals surface area contributed by atoms with Crippen LogP contribution in [-0.2, 0) is 19.4 Å². The van der Waals surface area contributed by atoms with Gasteiger partial charge in [-0.1, -0.05) is 19.1 Å². The van der Waals surface area contributed by atoms with Gasteiger partial charge >= 0.3 is 0 Å². The number of aryl methyl sites for hydroxylation is 1. The molecule has 0 radical (unpaired) electrons. The summed E-state index contributed by atoms with van der Waals surface area (Å²) >= 11 is 1.63. The Morgan fingerprint density at radius 2 is 2.22 bits per heavy atom. The average Bonchev–Trinajstić information content (AvgIpc) is 2.86. The van der Waals surface area contributed by atoms with Gasteiger partial charge in [0.1, 0.15) is 10.8 Å². The number of hydrogen-bond donors (Lipinski definition) is 1. The van der Waals surface area contributed by atoms with E-state index in [0.717, 1.165) is 29.3 Å². The smallest absolute Gasteiger partial charge is 0.122 e. The Morgan fingerprint density at radius 3 is 2.83 bits per heavy atom. The molecule has 18 heavy (non-hydrogen) atoms. The lowest BCUT2D eigenvalue weighted by atomic mass is 10.0. The monoisotopic (exact) mass is 262 g/mol. The lowest BCUT2D eigenvalue weighted by molar-refractivity contribution is 0.410. The summed E-state index contributed by atoms with van der Waals surface area (Å²) in [5.74, 6) is 0.960. The predicted octanol–water partition coefficient (Wildman–Crippen LogP) is 2.76. The van der Waals surface area contributed by atoms with Crippen molar-refractivity contribution in [3.63, 3.8) is 0 Å². The van der Waals surface area contributed by atoms with Gasteiger partial charge in [0.15, 0.2) is 0 Å². The second-order valence-electron chi connectivity index (χ2n) is 4.11. The van der Waals surface area contributed by atoms with Crippen LogP contribution in [0.1, 0.15) is 28.8 Å². The van der Waals surface area contributed by atoms with Crippen molar-refractivity contribution >= 4 is 11.3 Å². The van der Waals surface area contributed by atoms with Gasteiger partial charge in [0.2, 0.25) is 0 Å². The standard InChI is InChI=1S/C14H18N2OS/c1-3-11-6-10(4-5-13(11)17-2)7-12-9-18-14(8-15)16-12/h4-6,9H,3,7-8,15H2,1-2H3. The second-order valence-corrected chi connectivity index (χ2v) is 5.06. The van der Waals surface area contributed by atoms with E-state index in [-0.39, 0.29) is 0 Å². The fraction of sp³-hybridized carbons (Fsp3) is 0.357. The number of aromatic nitrogens is 1. The molecule has 0 bridgehead atoms. The molecule has 0 atom stereocenters. The first-order valence-electron chi connectivity index (χ1n) is 6.06. The molecule has 0 amide bonds. The van der Waals surface area contributed by atoms with Crippen LogP contribution in [0.3, 0.4) is 0 Å². The number of nitrogens with two attached hydrogens (primary N) is 1. The summed E-state index contributed by atoms with van der Waals surface area (Å²) in [6.07, 6.45) is 1.83. The molecular weight excluding hydrogens is 244 g/mol. The second kappa shape index (κ2) is 5.98. The largest absolute Gasteiger partial charge is 0.496 e. The summed E-state index contributed by atoms with van der Waals surface area (Å²) in [5, 5.41) is 3.08. The summed E-state index contributed by atoms with van der Waals surface area (Å²) in [6, 6.07) is 6.32. The van der Waals surface area contributed by atoms with E-state index >= 15 is 0 Å². The summed E-state index contributed by atoms with van der Waals surface area (Å²) in [4.78, 5) is 4.48. The molecule has 0 aliphatic rings. The molecule has 1 aromatic carbocycles. The first-order valence-corrected chi connectivity index (χ1v) is 6.94. The van der Waals surface area contributed by atoms with Gasteiger partial charge < -0.3 is 10.5 Å². The molecule has 0 saturated carbocycles. The number of hydrogen-bond acceptors (Lipinski definition) is 4. The number of nitrogens with zero attached hydrogens (tertiary/aromatic N) is 1. The van der Waals surface area contributed by atoms with E-state index in [0.29, 0.717) is 6.54 Å². The van der Waals surface area contributed by atoms with Crippen LogP contribution >= 0.6 is 11.3 Å². The van der Waals surface area contributed by atoms with Crippen LogP contribution in [0.4, 0.5) is 0 Å². The van der Waals surface area contributed by atoms with E-state index in [2.05, 4.69) is 29.4 Å². The maximum Gasteiger partial charge on any atom is 0.122 e. The van der Waals surface area contributed by atoms with Crippen LogP contribution in [0, 0.1) is 0 Å². The maximum atomic E-state index is 5.57. The molecule has 0 spiro atoms. The topological polar surface area (TPSA) is 48.1 Å². The van der Waals surface area contributed by atoms with Gasteiger partial charge in [-0.2, -0.15) is 0 Å². The molecule has 0 unspecified atom stereocenters. The van der Waals surface area contributed by atoms with Crippen LogP contribution < -0.4 is 10.5 Å². The van der Waals surface area contributed by atoms with Gasteiger partial charge in [0.25, 0.3) is 0 Å². The zero-order valence-electron chi connectivity index (χ0n) is 10.8. The van der Waals surface area contributed by atoms with Crippen LogP contribution in [0.15, 0.2) is 23.6 Å². The van der Waals surface area contributed by atoms with E-state index in [4.69, 9.17) is 10.5 Å². The molecule has 0 saturated heterocycles. The Hall–Kier alpha value is -1.39. The number of rotatable bonds is 5. The summed E-state index contributed by atoms with van der Waals surface area (Å²) < 4.78 is 5.33. The zero-order valence-corrected chi connectivity index (χ0v) is 11.6. The maximum absolute atomic E-state index is 5.57. The molecule has 2 rings (SSSR count). The van der Waals surface area contributed by atoms with Crippen molar-refractivity contribution in [2.24, 2.45) is 5.73 Å². The quantitative estimate of drug-likeness (QED) is 0.901. The molecule has 0 aliphatic carbocycles. The van der Waals surface area contributed by atoms with Gasteiger partial charge in [0.05, 0.1) is 12.8 Å². The molecule has 0 fully saturated rings. The van der Waals surface area contributed by atoms with E-state index in [1.807, 2.05) is 6.07 Å². The Morgan fingerprint density at radius 1 is 1.39 bits per heavy atom. The summed E-state index contributed by atoms with van der Waals surface area (Å²) in [7, 11) is 1.71. The zero-order chi connectivity index (χ0) is 13.0. The predicted molar refractivity (Wildman–Crippen MR) is 75.2 cm³/mol. The lowest BCUT2D eigenvalue weighted by Crippen LogP contribution is -1.97. The number of benzene rings is 1. The van der Waals surface area contributed by atoms with Crippen molar-refractivity contribution in [1.29, 1.82) is 0 Å². The van der Waals surface area contributed by atoms with E-state index in [1.165, 1.54) is 11.1 Å². The number of thiazole rings is 1. The van der Waals surface area contributed by atoms with Crippen LogP contribution in [0.5, 0.6) is 5.75 Å². The highest BCUT2D eigenvalue weighted by Gasteiger charge is 2.05. The van der Waals surface area contributed by atoms with Gasteiger partial charge in [-0.05, 0) is 23.6 Å². The lowest BCUT2D eigenvalue weighted by Gasteiger charge is -2.08. The fourth-order valence-electron chi connectivity index (χ4n) is 1.95. The van der Waals surface area contributed by atoms with Crippen molar-refractivity contribution < 1.29 is 4.74 Å². The Balaban J connectivity index is 2.18. The fourth-order valence-corrected chi connectivity index (χ4v) is 2.63. The molecular formula is C14H18N2OS. The van der Waals surface area contributed by atoms with E-state index < -0.39 is 0 Å². The SMILES string of the molecule is CCc1cc(Cc2csc(CN)n2)ccc1OC. The minimum absolute atomic E-state index is 0.521. The van der Waals surface area contributed by atoms with Crippen molar-refractivity contribution in [3.8, 4) is 5.75 Å². The highest BCUT2D eigenvalue weighted by atomic mass is 32.1. The van der Waals surface area contributed by atoms with Gasteiger partial charge in [-0.15, -0.1) is 11.3 Å². The number of methoxy groups -OCH3 is 1. The third-order valence-electron chi connectivity index (χ3n) is 2.88. The molecule has 4 heteroatoms. The van der Waals surface area contributed by atoms with Crippen molar-refractivity contribution in [1.82, 2.24) is 4.98 Å². The summed E-state index contributed by atoms with van der Waals surface area (Å²) in [5.41, 5.74) is 9.17. The highest BCUT2D eigenvalue weighted by molar-refractivity contribution is 7.09. The normalized spacial score (nSPS) is 10.6. The third kappa shape index (κ3) is 2.89. The van der Waals surface area contributed by atoms with E-state index in [9.17, 15) is 0 Å². The van der Waals surface area contributed by atoms with Crippen molar-refractivity contribution in [3.05, 3.63) is 45.4 Å². The van der Waals surface area contributed by atoms with Crippen molar-refractivity contribution in [2.45, 2.75) is 26.3 Å². The summed E-state index contributed by atoms with van der Waals surface area (Å²) in [6.45, 7) is 2.66. The minimum atomic E-state index is 0.521. The molecule has 1 heterocycles. The minimum Gasteiger partial charge on any atom is -0.496 e. The molecule has 96 valence electrons. The molecule has 2 N–H and O–H groups in total. The molecule has 0 aliphatic heterocycles.